The third-order valence-corrected chi connectivity index (χ3v) is 9.09. The standard InChI is InChI=1S/C23H42O3.C18H36O2/c1-2-3-4-5-6-7-8-9-10-11-12-13-14-15-16-19-23(24)26-21-22-18-17-20-25-22;1-2-3-4-5-6-7-8-9-10-11-12-13-14-15-16-17-18(19)20/h9-10,22H,2-8,11-21H2,1H3;2-17H2,1H3,(H,19,20)/b10-9-;. The second-order valence-electron chi connectivity index (χ2n) is 13.7. The molecule has 1 atom stereocenters. The average molecular weight is 651 g/mol. The van der Waals surface area contributed by atoms with E-state index in [1.807, 2.05) is 0 Å². The Bertz CT molecular complexity index is 655. The van der Waals surface area contributed by atoms with Crippen LogP contribution in [0, 0.1) is 0 Å². The molecule has 1 heterocycles. The Labute approximate surface area is 286 Å². The van der Waals surface area contributed by atoms with Crippen molar-refractivity contribution in [2.75, 3.05) is 13.2 Å². The Hall–Kier alpha value is -1.36. The fourth-order valence-corrected chi connectivity index (χ4v) is 6.02. The smallest absolute Gasteiger partial charge is 0.305 e. The highest BCUT2D eigenvalue weighted by atomic mass is 16.6. The molecule has 1 aliphatic rings. The number of hydrogen-bond donors (Lipinski definition) is 1. The van der Waals surface area contributed by atoms with Crippen LogP contribution in [0.3, 0.4) is 0 Å². The highest BCUT2D eigenvalue weighted by molar-refractivity contribution is 5.69. The molecule has 0 spiro atoms. The molecule has 0 aromatic rings. The summed E-state index contributed by atoms with van der Waals surface area (Å²) < 4.78 is 10.7. The summed E-state index contributed by atoms with van der Waals surface area (Å²) in [6.45, 7) is 5.80. The van der Waals surface area contributed by atoms with Gasteiger partial charge in [0.05, 0.1) is 6.10 Å². The molecule has 1 N–H and O–H groups in total. The molecule has 0 aliphatic carbocycles. The quantitative estimate of drug-likeness (QED) is 0.0434. The van der Waals surface area contributed by atoms with E-state index < -0.39 is 5.97 Å². The van der Waals surface area contributed by atoms with Gasteiger partial charge in [0.1, 0.15) is 6.61 Å². The van der Waals surface area contributed by atoms with Crippen LogP contribution in [0.25, 0.3) is 0 Å². The predicted molar refractivity (Wildman–Crippen MR) is 197 cm³/mol. The van der Waals surface area contributed by atoms with Gasteiger partial charge in [0.2, 0.25) is 0 Å². The molecule has 0 amide bonds. The first-order valence-electron chi connectivity index (χ1n) is 20.2. The van der Waals surface area contributed by atoms with Crippen molar-refractivity contribution in [3.63, 3.8) is 0 Å². The maximum Gasteiger partial charge on any atom is 0.305 e. The summed E-state index contributed by atoms with van der Waals surface area (Å²) in [5, 5.41) is 8.52. The molecule has 1 saturated heterocycles. The fourth-order valence-electron chi connectivity index (χ4n) is 6.02. The van der Waals surface area contributed by atoms with E-state index in [0.717, 1.165) is 45.1 Å². The molecule has 1 rings (SSSR count). The lowest BCUT2D eigenvalue weighted by molar-refractivity contribution is -0.147. The highest BCUT2D eigenvalue weighted by Gasteiger charge is 2.17. The van der Waals surface area contributed by atoms with Gasteiger partial charge >= 0.3 is 11.9 Å². The zero-order valence-corrected chi connectivity index (χ0v) is 30.9. The van der Waals surface area contributed by atoms with Crippen LogP contribution in [0.15, 0.2) is 12.2 Å². The fraction of sp³-hybridized carbons (Fsp3) is 0.902. The number of esters is 1. The van der Waals surface area contributed by atoms with Gasteiger partial charge in [-0.25, -0.2) is 0 Å². The second kappa shape index (κ2) is 38.1. The van der Waals surface area contributed by atoms with Gasteiger partial charge in [-0.15, -0.1) is 0 Å². The molecular formula is C41H78O5. The summed E-state index contributed by atoms with van der Waals surface area (Å²) in [4.78, 5) is 22.0. The summed E-state index contributed by atoms with van der Waals surface area (Å²) in [5.74, 6) is -0.710. The van der Waals surface area contributed by atoms with Crippen molar-refractivity contribution in [2.24, 2.45) is 0 Å². The number of ether oxygens (including phenoxy) is 2. The molecule has 1 fully saturated rings. The number of aliphatic carboxylic acids is 1. The average Bonchev–Trinajstić information content (AvgIpc) is 3.58. The van der Waals surface area contributed by atoms with Gasteiger partial charge in [-0.1, -0.05) is 167 Å². The number of allylic oxidation sites excluding steroid dienone is 2. The minimum absolute atomic E-state index is 0.0573. The lowest BCUT2D eigenvalue weighted by Gasteiger charge is -2.09. The molecule has 272 valence electrons. The van der Waals surface area contributed by atoms with Crippen molar-refractivity contribution in [3.8, 4) is 0 Å². The number of carboxylic acids is 1. The largest absolute Gasteiger partial charge is 0.481 e. The molecule has 0 bridgehead atoms. The zero-order chi connectivity index (χ0) is 33.6. The molecule has 46 heavy (non-hydrogen) atoms. The Morgan fingerprint density at radius 2 is 0.978 bits per heavy atom. The van der Waals surface area contributed by atoms with Gasteiger partial charge in [-0.3, -0.25) is 9.59 Å². The van der Waals surface area contributed by atoms with Crippen LogP contribution < -0.4 is 0 Å². The third-order valence-electron chi connectivity index (χ3n) is 9.09. The van der Waals surface area contributed by atoms with Crippen molar-refractivity contribution >= 4 is 11.9 Å². The lowest BCUT2D eigenvalue weighted by atomic mass is 10.0. The molecular weight excluding hydrogens is 572 g/mol. The summed E-state index contributed by atoms with van der Waals surface area (Å²) in [6, 6.07) is 0. The SMILES string of the molecule is CCCCCCCC/C=C\CCCCCCCC(=O)OCC1CCCO1.CCCCCCCCCCCCCCCCCC(=O)O. The Morgan fingerprint density at radius 3 is 1.37 bits per heavy atom. The molecule has 0 aromatic heterocycles. The molecule has 5 heteroatoms. The van der Waals surface area contributed by atoms with E-state index in [2.05, 4.69) is 26.0 Å². The van der Waals surface area contributed by atoms with Crippen LogP contribution in [-0.2, 0) is 19.1 Å². The monoisotopic (exact) mass is 651 g/mol. The summed E-state index contributed by atoms with van der Waals surface area (Å²) in [5.41, 5.74) is 0. The van der Waals surface area contributed by atoms with Gasteiger partial charge in [0.25, 0.3) is 0 Å². The number of carbonyl (C=O) groups excluding carboxylic acids is 1. The second-order valence-corrected chi connectivity index (χ2v) is 13.7. The van der Waals surface area contributed by atoms with Gasteiger partial charge in [0, 0.05) is 19.4 Å². The topological polar surface area (TPSA) is 72.8 Å². The molecule has 1 unspecified atom stereocenters. The van der Waals surface area contributed by atoms with Crippen molar-refractivity contribution in [3.05, 3.63) is 12.2 Å². The van der Waals surface area contributed by atoms with E-state index in [9.17, 15) is 9.59 Å². The van der Waals surface area contributed by atoms with Gasteiger partial charge < -0.3 is 14.6 Å². The number of carboxylic acid groups (broad SMARTS) is 1. The van der Waals surface area contributed by atoms with Gasteiger partial charge in [0.15, 0.2) is 0 Å². The van der Waals surface area contributed by atoms with Gasteiger partial charge in [-0.2, -0.15) is 0 Å². The molecule has 0 aromatic carbocycles. The van der Waals surface area contributed by atoms with Gasteiger partial charge in [-0.05, 0) is 51.4 Å². The Kier molecular flexibility index (Phi) is 37.0. The maximum atomic E-state index is 11.6. The first-order valence-corrected chi connectivity index (χ1v) is 20.2. The summed E-state index contributed by atoms with van der Waals surface area (Å²) in [6.07, 6.45) is 44.4. The van der Waals surface area contributed by atoms with Crippen molar-refractivity contribution < 1.29 is 24.2 Å². The van der Waals surface area contributed by atoms with Crippen LogP contribution >= 0.6 is 0 Å². The van der Waals surface area contributed by atoms with Crippen molar-refractivity contribution in [2.45, 2.75) is 225 Å². The highest BCUT2D eigenvalue weighted by Crippen LogP contribution is 2.15. The van der Waals surface area contributed by atoms with E-state index in [1.54, 1.807) is 0 Å². The van der Waals surface area contributed by atoms with Crippen LogP contribution in [0.2, 0.25) is 0 Å². The van der Waals surface area contributed by atoms with Crippen molar-refractivity contribution in [1.82, 2.24) is 0 Å². The Balaban J connectivity index is 0.000000914. The summed E-state index contributed by atoms with van der Waals surface area (Å²) in [7, 11) is 0. The number of hydrogen-bond acceptors (Lipinski definition) is 4. The third kappa shape index (κ3) is 37.1. The summed E-state index contributed by atoms with van der Waals surface area (Å²) >= 11 is 0. The van der Waals surface area contributed by atoms with Crippen LogP contribution in [0.1, 0.15) is 219 Å². The first kappa shape index (κ1) is 44.6. The molecule has 1 aliphatic heterocycles. The lowest BCUT2D eigenvalue weighted by Crippen LogP contribution is -2.17. The van der Waals surface area contributed by atoms with Crippen LogP contribution in [-0.4, -0.2) is 36.4 Å². The van der Waals surface area contributed by atoms with E-state index in [1.165, 1.54) is 154 Å². The van der Waals surface area contributed by atoms with Crippen molar-refractivity contribution in [1.29, 1.82) is 0 Å². The molecule has 5 nitrogen and oxygen atoms in total. The first-order chi connectivity index (χ1) is 22.6. The van der Waals surface area contributed by atoms with E-state index in [4.69, 9.17) is 14.6 Å². The van der Waals surface area contributed by atoms with E-state index in [0.29, 0.717) is 19.4 Å². The number of unbranched alkanes of at least 4 members (excludes halogenated alkanes) is 25. The molecule has 0 radical (unpaired) electrons. The molecule has 0 saturated carbocycles. The van der Waals surface area contributed by atoms with Crippen LogP contribution in [0.4, 0.5) is 0 Å². The minimum atomic E-state index is -0.653. The van der Waals surface area contributed by atoms with E-state index >= 15 is 0 Å². The minimum Gasteiger partial charge on any atom is -0.481 e. The van der Waals surface area contributed by atoms with E-state index in [-0.39, 0.29) is 12.1 Å². The number of carbonyl (C=O) groups is 2. The predicted octanol–water partition coefficient (Wildman–Crippen LogP) is 13.1. The van der Waals surface area contributed by atoms with Crippen LogP contribution in [0.5, 0.6) is 0 Å². The zero-order valence-electron chi connectivity index (χ0n) is 30.9. The Morgan fingerprint density at radius 1 is 0.587 bits per heavy atom. The number of rotatable bonds is 33. The maximum absolute atomic E-state index is 11.6. The normalized spacial score (nSPS) is 14.4.